The molecule has 0 aliphatic carbocycles. The Hall–Kier alpha value is -0.870. The van der Waals surface area contributed by atoms with Crippen molar-refractivity contribution in [2.45, 2.75) is 32.4 Å². The van der Waals surface area contributed by atoms with Crippen LogP contribution in [0.1, 0.15) is 26.6 Å². The number of hydrogen-bond acceptors (Lipinski definition) is 3. The molecular formula is C10H19N3O. The molecule has 0 fully saturated rings. The molecule has 1 aromatic heterocycles. The third-order valence-corrected chi connectivity index (χ3v) is 2.16. The maximum Gasteiger partial charge on any atom is 0.141 e. The molecule has 0 amide bonds. The van der Waals surface area contributed by atoms with Crippen LogP contribution < -0.4 is 5.32 Å². The zero-order valence-corrected chi connectivity index (χ0v) is 9.28. The van der Waals surface area contributed by atoms with E-state index >= 15 is 0 Å². The van der Waals surface area contributed by atoms with Crippen LogP contribution in [0, 0.1) is 0 Å². The molecule has 1 rings (SSSR count). The van der Waals surface area contributed by atoms with Crippen molar-refractivity contribution in [2.75, 3.05) is 6.54 Å². The highest BCUT2D eigenvalue weighted by Crippen LogP contribution is 2.16. The fourth-order valence-electron chi connectivity index (χ4n) is 1.37. The van der Waals surface area contributed by atoms with E-state index in [4.69, 9.17) is 0 Å². The number of aliphatic hydroxyl groups is 1. The van der Waals surface area contributed by atoms with Gasteiger partial charge in [-0.3, -0.25) is 0 Å². The molecule has 1 unspecified atom stereocenters. The molecule has 0 spiro atoms. The number of nitrogens with zero attached hydrogens (tertiary/aromatic N) is 2. The average molecular weight is 197 g/mol. The van der Waals surface area contributed by atoms with Crippen LogP contribution in [0.5, 0.6) is 0 Å². The van der Waals surface area contributed by atoms with Gasteiger partial charge in [0.15, 0.2) is 0 Å². The molecule has 0 aliphatic rings. The summed E-state index contributed by atoms with van der Waals surface area (Å²) in [4.78, 5) is 4.14. The lowest BCUT2D eigenvalue weighted by Crippen LogP contribution is -2.40. The maximum atomic E-state index is 10.2. The zero-order chi connectivity index (χ0) is 10.8. The third-order valence-electron chi connectivity index (χ3n) is 2.16. The first-order valence-corrected chi connectivity index (χ1v) is 4.87. The molecule has 0 radical (unpaired) electrons. The van der Waals surface area contributed by atoms with Crippen LogP contribution in [0.4, 0.5) is 0 Å². The van der Waals surface area contributed by atoms with Gasteiger partial charge in [0, 0.05) is 32.0 Å². The zero-order valence-electron chi connectivity index (χ0n) is 9.28. The van der Waals surface area contributed by atoms with E-state index in [1.807, 2.05) is 17.8 Å². The quantitative estimate of drug-likeness (QED) is 0.744. The molecule has 0 bridgehead atoms. The van der Waals surface area contributed by atoms with Crippen LogP contribution in [0.2, 0.25) is 0 Å². The van der Waals surface area contributed by atoms with Gasteiger partial charge in [-0.05, 0) is 6.92 Å². The summed E-state index contributed by atoms with van der Waals surface area (Å²) < 4.78 is 1.84. The normalized spacial score (nSPS) is 15.9. The smallest absolute Gasteiger partial charge is 0.141 e. The van der Waals surface area contributed by atoms with E-state index in [2.05, 4.69) is 24.1 Å². The molecule has 1 heterocycles. The highest BCUT2D eigenvalue weighted by Gasteiger charge is 2.27. The van der Waals surface area contributed by atoms with Gasteiger partial charge in [-0.15, -0.1) is 0 Å². The Morgan fingerprint density at radius 1 is 1.64 bits per heavy atom. The second-order valence-electron chi connectivity index (χ2n) is 4.17. The van der Waals surface area contributed by atoms with Gasteiger partial charge in [0.2, 0.25) is 0 Å². The molecule has 4 nitrogen and oxygen atoms in total. The van der Waals surface area contributed by atoms with E-state index < -0.39 is 5.60 Å². The van der Waals surface area contributed by atoms with E-state index in [1.165, 1.54) is 0 Å². The van der Waals surface area contributed by atoms with Crippen molar-refractivity contribution < 1.29 is 5.11 Å². The van der Waals surface area contributed by atoms with Gasteiger partial charge in [0.1, 0.15) is 11.4 Å². The minimum atomic E-state index is -0.914. The van der Waals surface area contributed by atoms with Crippen molar-refractivity contribution >= 4 is 0 Å². The lowest BCUT2D eigenvalue weighted by molar-refractivity contribution is 0.0431. The fourth-order valence-corrected chi connectivity index (χ4v) is 1.37. The first-order chi connectivity index (χ1) is 6.43. The number of rotatable bonds is 4. The Labute approximate surface area is 85.0 Å². The Kier molecular flexibility index (Phi) is 3.29. The summed E-state index contributed by atoms with van der Waals surface area (Å²) in [5.41, 5.74) is -0.914. The molecular weight excluding hydrogens is 178 g/mol. The van der Waals surface area contributed by atoms with Crippen LogP contribution in [-0.2, 0) is 12.6 Å². The van der Waals surface area contributed by atoms with Gasteiger partial charge in [-0.1, -0.05) is 13.8 Å². The molecule has 0 aliphatic heterocycles. The summed E-state index contributed by atoms with van der Waals surface area (Å²) in [5.74, 6) is 0.686. The van der Waals surface area contributed by atoms with E-state index in [0.717, 1.165) is 0 Å². The number of hydrogen-bond donors (Lipinski definition) is 2. The van der Waals surface area contributed by atoms with Gasteiger partial charge in [-0.2, -0.15) is 0 Å². The Morgan fingerprint density at radius 3 is 2.71 bits per heavy atom. The minimum Gasteiger partial charge on any atom is -0.381 e. The number of imidazole rings is 1. The van der Waals surface area contributed by atoms with Crippen molar-refractivity contribution in [1.82, 2.24) is 14.9 Å². The molecule has 0 saturated carbocycles. The van der Waals surface area contributed by atoms with Crippen molar-refractivity contribution in [3.63, 3.8) is 0 Å². The van der Waals surface area contributed by atoms with Crippen LogP contribution in [0.15, 0.2) is 12.4 Å². The molecule has 1 aromatic rings. The Balaban J connectivity index is 2.70. The van der Waals surface area contributed by atoms with Crippen LogP contribution in [-0.4, -0.2) is 27.2 Å². The lowest BCUT2D eigenvalue weighted by Gasteiger charge is -2.24. The van der Waals surface area contributed by atoms with Gasteiger partial charge in [-0.25, -0.2) is 4.98 Å². The molecule has 1 atom stereocenters. The highest BCUT2D eigenvalue weighted by atomic mass is 16.3. The van der Waals surface area contributed by atoms with Gasteiger partial charge >= 0.3 is 0 Å². The minimum absolute atomic E-state index is 0.363. The van der Waals surface area contributed by atoms with E-state index in [1.54, 1.807) is 13.1 Å². The van der Waals surface area contributed by atoms with Crippen molar-refractivity contribution in [3.8, 4) is 0 Å². The topological polar surface area (TPSA) is 50.1 Å². The SMILES string of the molecule is CC(C)NCC(C)(O)c1nccn1C. The molecule has 4 heteroatoms. The van der Waals surface area contributed by atoms with Crippen molar-refractivity contribution in [3.05, 3.63) is 18.2 Å². The Morgan fingerprint density at radius 2 is 2.29 bits per heavy atom. The van der Waals surface area contributed by atoms with Gasteiger partial charge < -0.3 is 15.0 Å². The average Bonchev–Trinajstić information content (AvgIpc) is 2.48. The summed E-state index contributed by atoms with van der Waals surface area (Å²) in [6.45, 7) is 6.38. The van der Waals surface area contributed by atoms with Crippen LogP contribution in [0.3, 0.4) is 0 Å². The summed E-state index contributed by atoms with van der Waals surface area (Å²) in [5, 5.41) is 13.4. The largest absolute Gasteiger partial charge is 0.381 e. The molecule has 2 N–H and O–H groups in total. The first-order valence-electron chi connectivity index (χ1n) is 4.87. The predicted octanol–water partition coefficient (Wildman–Crippen LogP) is 0.626. The van der Waals surface area contributed by atoms with Crippen LogP contribution in [0.25, 0.3) is 0 Å². The Bertz CT molecular complexity index is 291. The fraction of sp³-hybridized carbons (Fsp3) is 0.700. The summed E-state index contributed by atoms with van der Waals surface area (Å²) in [7, 11) is 1.88. The standard InChI is InChI=1S/C10H19N3O/c1-8(2)12-7-10(3,14)9-11-5-6-13(9)4/h5-6,8,12,14H,7H2,1-4H3. The van der Waals surface area contributed by atoms with Crippen molar-refractivity contribution in [1.29, 1.82) is 0 Å². The van der Waals surface area contributed by atoms with E-state index in [-0.39, 0.29) is 0 Å². The van der Waals surface area contributed by atoms with E-state index in [0.29, 0.717) is 18.4 Å². The number of aromatic nitrogens is 2. The summed E-state index contributed by atoms with van der Waals surface area (Å²) in [6, 6.07) is 0.363. The molecule has 80 valence electrons. The van der Waals surface area contributed by atoms with Crippen molar-refractivity contribution in [2.24, 2.45) is 7.05 Å². The number of aryl methyl sites for hydroxylation is 1. The maximum absolute atomic E-state index is 10.2. The summed E-state index contributed by atoms with van der Waals surface area (Å²) in [6.07, 6.45) is 3.53. The van der Waals surface area contributed by atoms with Gasteiger partial charge in [0.05, 0.1) is 0 Å². The van der Waals surface area contributed by atoms with Crippen LogP contribution >= 0.6 is 0 Å². The second kappa shape index (κ2) is 4.11. The van der Waals surface area contributed by atoms with Gasteiger partial charge in [0.25, 0.3) is 0 Å². The first kappa shape index (κ1) is 11.2. The van der Waals surface area contributed by atoms with E-state index in [9.17, 15) is 5.11 Å². The molecule has 0 saturated heterocycles. The predicted molar refractivity (Wildman–Crippen MR) is 55.9 cm³/mol. The molecule has 0 aromatic carbocycles. The lowest BCUT2D eigenvalue weighted by atomic mass is 10.1. The highest BCUT2D eigenvalue weighted by molar-refractivity contribution is 5.03. The summed E-state index contributed by atoms with van der Waals surface area (Å²) >= 11 is 0. The second-order valence-corrected chi connectivity index (χ2v) is 4.17. The monoisotopic (exact) mass is 197 g/mol. The molecule has 14 heavy (non-hydrogen) atoms. The number of nitrogens with one attached hydrogen (secondary N) is 1. The third kappa shape index (κ3) is 2.56.